The highest BCUT2D eigenvalue weighted by Crippen LogP contribution is 2.26. The summed E-state index contributed by atoms with van der Waals surface area (Å²) in [6.45, 7) is 4.54. The molecule has 0 spiro atoms. The fourth-order valence-electron chi connectivity index (χ4n) is 3.63. The molecule has 1 atom stereocenters. The van der Waals surface area contributed by atoms with Crippen LogP contribution in [0.3, 0.4) is 0 Å². The second kappa shape index (κ2) is 10.5. The van der Waals surface area contributed by atoms with Crippen molar-refractivity contribution in [1.29, 1.82) is 0 Å². The van der Waals surface area contributed by atoms with Crippen molar-refractivity contribution in [2.45, 2.75) is 32.2 Å². The Labute approximate surface area is 177 Å². The summed E-state index contributed by atoms with van der Waals surface area (Å²) in [7, 11) is 1.67. The second-order valence-corrected chi connectivity index (χ2v) is 7.80. The van der Waals surface area contributed by atoms with Gasteiger partial charge in [-0.25, -0.2) is 0 Å². The van der Waals surface area contributed by atoms with Gasteiger partial charge >= 0.3 is 0 Å². The molecule has 0 aliphatic carbocycles. The summed E-state index contributed by atoms with van der Waals surface area (Å²) in [5, 5.41) is 3.73. The van der Waals surface area contributed by atoms with Gasteiger partial charge in [-0.2, -0.15) is 0 Å². The molecule has 0 radical (unpaired) electrons. The summed E-state index contributed by atoms with van der Waals surface area (Å²) in [5.41, 5.74) is 2.11. The SMILES string of the molecule is COc1ccc([C@H](CNC(=O)COc2ccc(Cl)c(C)c2)N2CCCCC2)cc1. The predicted molar refractivity (Wildman–Crippen MR) is 116 cm³/mol. The van der Waals surface area contributed by atoms with Gasteiger partial charge in [0.05, 0.1) is 13.2 Å². The molecule has 3 rings (SSSR count). The van der Waals surface area contributed by atoms with Crippen LogP contribution in [0, 0.1) is 6.92 Å². The minimum absolute atomic E-state index is 0.0175. The number of hydrogen-bond donors (Lipinski definition) is 1. The van der Waals surface area contributed by atoms with Gasteiger partial charge in [-0.15, -0.1) is 0 Å². The van der Waals surface area contributed by atoms with Crippen LogP contribution in [0.25, 0.3) is 0 Å². The van der Waals surface area contributed by atoms with E-state index in [0.29, 0.717) is 17.3 Å². The molecule has 0 saturated carbocycles. The van der Waals surface area contributed by atoms with Gasteiger partial charge in [-0.3, -0.25) is 9.69 Å². The van der Waals surface area contributed by atoms with Crippen LogP contribution in [-0.4, -0.2) is 44.2 Å². The molecule has 6 heteroatoms. The molecule has 5 nitrogen and oxygen atoms in total. The summed E-state index contributed by atoms with van der Waals surface area (Å²) in [4.78, 5) is 14.8. The van der Waals surface area contributed by atoms with Crippen LogP contribution in [0.5, 0.6) is 11.5 Å². The molecule has 1 amide bonds. The maximum atomic E-state index is 12.4. The lowest BCUT2D eigenvalue weighted by Gasteiger charge is -2.35. The molecule has 1 N–H and O–H groups in total. The molecule has 1 aliphatic heterocycles. The van der Waals surface area contributed by atoms with Crippen LogP contribution in [-0.2, 0) is 4.79 Å². The zero-order valence-electron chi connectivity index (χ0n) is 17.1. The van der Waals surface area contributed by atoms with Crippen molar-refractivity contribution in [3.63, 3.8) is 0 Å². The summed E-state index contributed by atoms with van der Waals surface area (Å²) in [6.07, 6.45) is 3.66. The molecule has 0 aromatic heterocycles. The molecule has 1 aliphatic rings. The van der Waals surface area contributed by atoms with E-state index in [0.717, 1.165) is 24.4 Å². The normalized spacial score (nSPS) is 15.6. The number of hydrogen-bond acceptors (Lipinski definition) is 4. The van der Waals surface area contributed by atoms with E-state index >= 15 is 0 Å². The number of benzene rings is 2. The van der Waals surface area contributed by atoms with Gasteiger partial charge in [0.2, 0.25) is 0 Å². The summed E-state index contributed by atoms with van der Waals surface area (Å²) < 4.78 is 10.9. The molecule has 2 aromatic rings. The topological polar surface area (TPSA) is 50.8 Å². The van der Waals surface area contributed by atoms with E-state index in [9.17, 15) is 4.79 Å². The third kappa shape index (κ3) is 6.12. The lowest BCUT2D eigenvalue weighted by Crippen LogP contribution is -2.41. The molecule has 1 saturated heterocycles. The van der Waals surface area contributed by atoms with Crippen molar-refractivity contribution in [2.75, 3.05) is 33.4 Å². The molecule has 1 fully saturated rings. The quantitative estimate of drug-likeness (QED) is 0.693. The Balaban J connectivity index is 1.59. The molecule has 2 aromatic carbocycles. The summed E-state index contributed by atoms with van der Waals surface area (Å²) in [5.74, 6) is 1.35. The number of rotatable bonds is 8. The smallest absolute Gasteiger partial charge is 0.258 e. The first-order valence-electron chi connectivity index (χ1n) is 10.1. The first kappa shape index (κ1) is 21.5. The number of nitrogens with zero attached hydrogens (tertiary/aromatic N) is 1. The number of amides is 1. The Morgan fingerprint density at radius 2 is 1.79 bits per heavy atom. The van der Waals surface area contributed by atoms with Gasteiger partial charge in [-0.1, -0.05) is 30.2 Å². The number of carbonyl (C=O) groups excluding carboxylic acids is 1. The largest absolute Gasteiger partial charge is 0.497 e. The molecule has 1 heterocycles. The average Bonchev–Trinajstić information content (AvgIpc) is 2.76. The standard InChI is InChI=1S/C23H29ClN2O3/c1-17-14-20(10-11-21(17)24)29-16-23(27)25-15-22(26-12-4-3-5-13-26)18-6-8-19(28-2)9-7-18/h6-11,14,22H,3-5,12-13,15-16H2,1-2H3,(H,25,27)/t22-/m0/s1. The Hall–Kier alpha value is -2.24. The van der Waals surface area contributed by atoms with Crippen LogP contribution >= 0.6 is 11.6 Å². The van der Waals surface area contributed by atoms with E-state index in [4.69, 9.17) is 21.1 Å². The Bertz CT molecular complexity index is 804. The molecule has 0 unspecified atom stereocenters. The lowest BCUT2D eigenvalue weighted by atomic mass is 10.0. The number of methoxy groups -OCH3 is 1. The van der Waals surface area contributed by atoms with Crippen LogP contribution in [0.1, 0.15) is 36.4 Å². The summed E-state index contributed by atoms with van der Waals surface area (Å²) in [6, 6.07) is 13.6. The van der Waals surface area contributed by atoms with Crippen molar-refractivity contribution in [2.24, 2.45) is 0 Å². The number of ether oxygens (including phenoxy) is 2. The third-order valence-corrected chi connectivity index (χ3v) is 5.75. The highest BCUT2D eigenvalue weighted by molar-refractivity contribution is 6.31. The van der Waals surface area contributed by atoms with Crippen molar-refractivity contribution in [3.8, 4) is 11.5 Å². The third-order valence-electron chi connectivity index (χ3n) is 5.32. The van der Waals surface area contributed by atoms with E-state index in [1.807, 2.05) is 25.1 Å². The van der Waals surface area contributed by atoms with Crippen LogP contribution in [0.15, 0.2) is 42.5 Å². The van der Waals surface area contributed by atoms with Crippen LogP contribution in [0.2, 0.25) is 5.02 Å². The van der Waals surface area contributed by atoms with Crippen molar-refractivity contribution in [1.82, 2.24) is 10.2 Å². The minimum Gasteiger partial charge on any atom is -0.497 e. The zero-order chi connectivity index (χ0) is 20.6. The Morgan fingerprint density at radius 3 is 2.45 bits per heavy atom. The minimum atomic E-state index is -0.131. The molecular weight excluding hydrogens is 388 g/mol. The van der Waals surface area contributed by atoms with Crippen molar-refractivity contribution in [3.05, 3.63) is 58.6 Å². The van der Waals surface area contributed by atoms with Crippen molar-refractivity contribution < 1.29 is 14.3 Å². The average molecular weight is 417 g/mol. The molecular formula is C23H29ClN2O3. The first-order chi connectivity index (χ1) is 14.1. The number of nitrogens with one attached hydrogen (secondary N) is 1. The number of carbonyl (C=O) groups is 1. The first-order valence-corrected chi connectivity index (χ1v) is 10.5. The Morgan fingerprint density at radius 1 is 1.10 bits per heavy atom. The molecule has 0 bridgehead atoms. The van der Waals surface area contributed by atoms with Gasteiger partial charge < -0.3 is 14.8 Å². The highest BCUT2D eigenvalue weighted by atomic mass is 35.5. The van der Waals surface area contributed by atoms with E-state index in [2.05, 4.69) is 22.3 Å². The van der Waals surface area contributed by atoms with E-state index in [1.54, 1.807) is 19.2 Å². The fourth-order valence-corrected chi connectivity index (χ4v) is 3.75. The van der Waals surface area contributed by atoms with Gasteiger partial charge in [0.1, 0.15) is 11.5 Å². The second-order valence-electron chi connectivity index (χ2n) is 7.39. The number of aryl methyl sites for hydroxylation is 1. The molecule has 156 valence electrons. The van der Waals surface area contributed by atoms with E-state index in [1.165, 1.54) is 24.8 Å². The maximum Gasteiger partial charge on any atom is 0.258 e. The van der Waals surface area contributed by atoms with Gasteiger partial charge in [0.25, 0.3) is 5.91 Å². The van der Waals surface area contributed by atoms with Crippen LogP contribution < -0.4 is 14.8 Å². The molecule has 29 heavy (non-hydrogen) atoms. The van der Waals surface area contributed by atoms with Gasteiger partial charge in [-0.05, 0) is 74.3 Å². The lowest BCUT2D eigenvalue weighted by molar-refractivity contribution is -0.123. The fraction of sp³-hybridized carbons (Fsp3) is 0.435. The number of likely N-dealkylation sites (tertiary alicyclic amines) is 1. The van der Waals surface area contributed by atoms with E-state index < -0.39 is 0 Å². The Kier molecular flexibility index (Phi) is 7.78. The zero-order valence-corrected chi connectivity index (χ0v) is 17.9. The number of piperidine rings is 1. The number of halogens is 1. The van der Waals surface area contributed by atoms with E-state index in [-0.39, 0.29) is 18.6 Å². The van der Waals surface area contributed by atoms with Crippen LogP contribution in [0.4, 0.5) is 0 Å². The summed E-state index contributed by atoms with van der Waals surface area (Å²) >= 11 is 6.03. The maximum absolute atomic E-state index is 12.4. The van der Waals surface area contributed by atoms with Gasteiger partial charge in [0.15, 0.2) is 6.61 Å². The van der Waals surface area contributed by atoms with Gasteiger partial charge in [0, 0.05) is 11.6 Å². The van der Waals surface area contributed by atoms with Crippen molar-refractivity contribution >= 4 is 17.5 Å². The monoisotopic (exact) mass is 416 g/mol. The highest BCUT2D eigenvalue weighted by Gasteiger charge is 2.23. The predicted octanol–water partition coefficient (Wildman–Crippen LogP) is 4.38.